The molecular formula is C5H2ClN3S. The minimum absolute atomic E-state index is 0.238. The lowest BCUT2D eigenvalue weighted by atomic mass is 10.7. The second-order valence-corrected chi connectivity index (χ2v) is 1.95. The first-order valence-corrected chi connectivity index (χ1v) is 3.18. The highest BCUT2D eigenvalue weighted by molar-refractivity contribution is 7.78. The number of aromatic nitrogens is 2. The van der Waals surface area contributed by atoms with Gasteiger partial charge in [0.2, 0.25) is 0 Å². The number of aliphatic imine (C=N–C) groups is 1. The van der Waals surface area contributed by atoms with Crippen LogP contribution in [0.2, 0.25) is 5.15 Å². The second kappa shape index (κ2) is 3.37. The average Bonchev–Trinajstić information content (AvgIpc) is 1.88. The summed E-state index contributed by atoms with van der Waals surface area (Å²) in [4.78, 5) is 11.0. The van der Waals surface area contributed by atoms with Gasteiger partial charge in [0.25, 0.3) is 5.95 Å². The molecule has 0 amide bonds. The maximum Gasteiger partial charge on any atom is 0.259 e. The highest BCUT2D eigenvalue weighted by Gasteiger charge is 1.90. The van der Waals surface area contributed by atoms with Crippen molar-refractivity contribution < 1.29 is 0 Å². The summed E-state index contributed by atoms with van der Waals surface area (Å²) in [6.45, 7) is 0. The smallest absolute Gasteiger partial charge is 0.219 e. The van der Waals surface area contributed by atoms with Gasteiger partial charge in [-0.2, -0.15) is 9.98 Å². The van der Waals surface area contributed by atoms with Crippen molar-refractivity contribution in [2.75, 3.05) is 0 Å². The van der Waals surface area contributed by atoms with Gasteiger partial charge in [0.05, 0.1) is 5.16 Å². The average molecular weight is 172 g/mol. The summed E-state index contributed by atoms with van der Waals surface area (Å²) in [6, 6.07) is 1.56. The molecule has 0 aliphatic carbocycles. The number of rotatable bonds is 1. The third kappa shape index (κ3) is 1.84. The maximum absolute atomic E-state index is 5.51. The van der Waals surface area contributed by atoms with E-state index in [0.717, 1.165) is 0 Å². The molecule has 0 aromatic carbocycles. The Labute approximate surface area is 67.8 Å². The lowest BCUT2D eigenvalue weighted by Gasteiger charge is -1.87. The van der Waals surface area contributed by atoms with Crippen LogP contribution in [0.3, 0.4) is 0 Å². The van der Waals surface area contributed by atoms with E-state index in [4.69, 9.17) is 11.6 Å². The highest BCUT2D eigenvalue weighted by Crippen LogP contribution is 2.06. The van der Waals surface area contributed by atoms with Crippen molar-refractivity contribution in [3.63, 3.8) is 0 Å². The van der Waals surface area contributed by atoms with E-state index in [-0.39, 0.29) is 5.95 Å². The van der Waals surface area contributed by atoms with Crippen molar-refractivity contribution in [1.82, 2.24) is 9.97 Å². The van der Waals surface area contributed by atoms with E-state index in [1.807, 2.05) is 0 Å². The Bertz CT molecular complexity index is 282. The number of isothiocyanates is 1. The molecule has 3 nitrogen and oxygen atoms in total. The standard InChI is InChI=1S/C5H2ClN3S/c6-4-1-2-7-5(9-4)8-3-10/h1-2H. The number of hydrogen-bond acceptors (Lipinski definition) is 4. The van der Waals surface area contributed by atoms with Crippen LogP contribution in [-0.4, -0.2) is 15.1 Å². The van der Waals surface area contributed by atoms with Crippen molar-refractivity contribution in [3.8, 4) is 0 Å². The van der Waals surface area contributed by atoms with E-state index in [0.29, 0.717) is 5.15 Å². The lowest BCUT2D eigenvalue weighted by molar-refractivity contribution is 1.14. The molecule has 1 aromatic rings. The van der Waals surface area contributed by atoms with Crippen molar-refractivity contribution in [2.24, 2.45) is 4.99 Å². The van der Waals surface area contributed by atoms with Gasteiger partial charge in [-0.05, 0) is 18.3 Å². The van der Waals surface area contributed by atoms with Crippen LogP contribution in [0, 0.1) is 0 Å². The Hall–Kier alpha value is -0.830. The fraction of sp³-hybridized carbons (Fsp3) is 0. The molecule has 0 saturated heterocycles. The quantitative estimate of drug-likeness (QED) is 0.368. The van der Waals surface area contributed by atoms with Gasteiger partial charge in [0.15, 0.2) is 0 Å². The Morgan fingerprint density at radius 2 is 2.50 bits per heavy atom. The van der Waals surface area contributed by atoms with Crippen molar-refractivity contribution in [3.05, 3.63) is 17.4 Å². The molecule has 0 unspecified atom stereocenters. The molecule has 5 heteroatoms. The largest absolute Gasteiger partial charge is 0.259 e. The van der Waals surface area contributed by atoms with Crippen LogP contribution in [-0.2, 0) is 0 Å². The molecule has 0 aliphatic rings. The van der Waals surface area contributed by atoms with Gasteiger partial charge >= 0.3 is 0 Å². The number of halogens is 1. The molecule has 50 valence electrons. The third-order valence-electron chi connectivity index (χ3n) is 0.755. The van der Waals surface area contributed by atoms with Crippen LogP contribution in [0.4, 0.5) is 5.95 Å². The third-order valence-corrected chi connectivity index (χ3v) is 1.06. The molecular weight excluding hydrogens is 170 g/mol. The normalized spacial score (nSPS) is 8.50. The summed E-state index contributed by atoms with van der Waals surface area (Å²) in [5.41, 5.74) is 0. The van der Waals surface area contributed by atoms with Gasteiger partial charge in [-0.3, -0.25) is 0 Å². The SMILES string of the molecule is S=C=Nc1nccc(Cl)n1. The summed E-state index contributed by atoms with van der Waals surface area (Å²) in [7, 11) is 0. The van der Waals surface area contributed by atoms with Crippen LogP contribution in [0.15, 0.2) is 17.3 Å². The van der Waals surface area contributed by atoms with E-state index in [1.165, 1.54) is 6.20 Å². The fourth-order valence-corrected chi connectivity index (χ4v) is 0.635. The van der Waals surface area contributed by atoms with Crippen molar-refractivity contribution in [1.29, 1.82) is 0 Å². The number of nitrogens with zero attached hydrogens (tertiary/aromatic N) is 3. The minimum Gasteiger partial charge on any atom is -0.219 e. The zero-order chi connectivity index (χ0) is 7.40. The molecule has 0 aliphatic heterocycles. The first-order chi connectivity index (χ1) is 4.83. The maximum atomic E-state index is 5.51. The molecule has 0 fully saturated rings. The fourth-order valence-electron chi connectivity index (χ4n) is 0.422. The molecule has 0 N–H and O–H groups in total. The molecule has 0 spiro atoms. The van der Waals surface area contributed by atoms with Crippen LogP contribution in [0.5, 0.6) is 0 Å². The van der Waals surface area contributed by atoms with Gasteiger partial charge in [0, 0.05) is 6.20 Å². The first kappa shape index (κ1) is 7.28. The van der Waals surface area contributed by atoms with Gasteiger partial charge in [-0.25, -0.2) is 4.98 Å². The molecule has 1 aromatic heterocycles. The number of hydrogen-bond donors (Lipinski definition) is 0. The first-order valence-electron chi connectivity index (χ1n) is 2.39. The van der Waals surface area contributed by atoms with Crippen LogP contribution < -0.4 is 0 Å². The Balaban J connectivity index is 3.06. The van der Waals surface area contributed by atoms with E-state index in [2.05, 4.69) is 32.3 Å². The van der Waals surface area contributed by atoms with Crippen molar-refractivity contribution in [2.45, 2.75) is 0 Å². The molecule has 10 heavy (non-hydrogen) atoms. The Kier molecular flexibility index (Phi) is 2.45. The van der Waals surface area contributed by atoms with Gasteiger partial charge in [-0.15, -0.1) is 0 Å². The topological polar surface area (TPSA) is 38.1 Å². The Morgan fingerprint density at radius 1 is 1.70 bits per heavy atom. The molecule has 0 radical (unpaired) electrons. The lowest BCUT2D eigenvalue weighted by Crippen LogP contribution is -1.78. The van der Waals surface area contributed by atoms with Crippen molar-refractivity contribution >= 4 is 34.9 Å². The monoisotopic (exact) mass is 171 g/mol. The van der Waals surface area contributed by atoms with Gasteiger partial charge in [0.1, 0.15) is 5.15 Å². The van der Waals surface area contributed by atoms with E-state index in [9.17, 15) is 0 Å². The molecule has 1 rings (SSSR count). The summed E-state index contributed by atoms with van der Waals surface area (Å²) < 4.78 is 0. The molecule has 0 bridgehead atoms. The number of thiocarbonyl (C=S) groups is 1. The Morgan fingerprint density at radius 3 is 3.10 bits per heavy atom. The van der Waals surface area contributed by atoms with E-state index < -0.39 is 0 Å². The molecule has 1 heterocycles. The summed E-state index contributed by atoms with van der Waals surface area (Å²) in [5, 5.41) is 2.48. The predicted molar refractivity (Wildman–Crippen MR) is 41.7 cm³/mol. The summed E-state index contributed by atoms with van der Waals surface area (Å²) in [6.07, 6.45) is 1.50. The summed E-state index contributed by atoms with van der Waals surface area (Å²) >= 11 is 9.85. The van der Waals surface area contributed by atoms with Crippen LogP contribution in [0.1, 0.15) is 0 Å². The second-order valence-electron chi connectivity index (χ2n) is 1.38. The summed E-state index contributed by atoms with van der Waals surface area (Å²) in [5.74, 6) is 0.238. The van der Waals surface area contributed by atoms with Crippen LogP contribution >= 0.6 is 23.8 Å². The molecule has 0 atom stereocenters. The van der Waals surface area contributed by atoms with Crippen LogP contribution in [0.25, 0.3) is 0 Å². The van der Waals surface area contributed by atoms with E-state index in [1.54, 1.807) is 6.07 Å². The zero-order valence-corrected chi connectivity index (χ0v) is 6.35. The van der Waals surface area contributed by atoms with Gasteiger partial charge < -0.3 is 0 Å². The molecule has 0 saturated carbocycles. The zero-order valence-electron chi connectivity index (χ0n) is 4.78. The predicted octanol–water partition coefficient (Wildman–Crippen LogP) is 1.86. The van der Waals surface area contributed by atoms with E-state index >= 15 is 0 Å². The minimum atomic E-state index is 0.238. The highest BCUT2D eigenvalue weighted by atomic mass is 35.5. The van der Waals surface area contributed by atoms with Gasteiger partial charge in [-0.1, -0.05) is 11.6 Å².